The number of amides is 2. The summed E-state index contributed by atoms with van der Waals surface area (Å²) in [6.07, 6.45) is 2.87. The van der Waals surface area contributed by atoms with Crippen LogP contribution in [0.1, 0.15) is 21.0 Å². The standard InChI is InChI=1S/C14H18N4O4/c19-13(17-3-7-21-8-4-17)11-12(16-2-1-15-11)14(20)18-5-9-22-10-6-18/h1-2H,3-10H2. The van der Waals surface area contributed by atoms with Crippen LogP contribution < -0.4 is 0 Å². The fourth-order valence-electron chi connectivity index (χ4n) is 2.48. The summed E-state index contributed by atoms with van der Waals surface area (Å²) in [7, 11) is 0. The molecule has 118 valence electrons. The summed E-state index contributed by atoms with van der Waals surface area (Å²) in [6.45, 7) is 4.00. The van der Waals surface area contributed by atoms with Crippen molar-refractivity contribution in [1.82, 2.24) is 19.8 Å². The maximum atomic E-state index is 12.6. The zero-order chi connectivity index (χ0) is 15.4. The summed E-state index contributed by atoms with van der Waals surface area (Å²) >= 11 is 0. The molecule has 8 heteroatoms. The van der Waals surface area contributed by atoms with Gasteiger partial charge in [0.1, 0.15) is 0 Å². The lowest BCUT2D eigenvalue weighted by molar-refractivity contribution is 0.0272. The summed E-state index contributed by atoms with van der Waals surface area (Å²) in [5.41, 5.74) is 0.224. The molecule has 1 aromatic heterocycles. The summed E-state index contributed by atoms with van der Waals surface area (Å²) in [5.74, 6) is -0.541. The highest BCUT2D eigenvalue weighted by Crippen LogP contribution is 2.12. The molecule has 3 rings (SSSR count). The number of hydrogen-bond acceptors (Lipinski definition) is 6. The van der Waals surface area contributed by atoms with Crippen LogP contribution in [0.4, 0.5) is 0 Å². The Morgan fingerprint density at radius 3 is 1.50 bits per heavy atom. The van der Waals surface area contributed by atoms with Gasteiger partial charge in [0.25, 0.3) is 11.8 Å². The molecular formula is C14H18N4O4. The molecule has 0 N–H and O–H groups in total. The molecule has 0 bridgehead atoms. The van der Waals surface area contributed by atoms with Crippen LogP contribution in [-0.2, 0) is 9.47 Å². The average Bonchev–Trinajstić information content (AvgIpc) is 2.62. The third-order valence-corrected chi connectivity index (χ3v) is 3.70. The van der Waals surface area contributed by atoms with Crippen molar-refractivity contribution in [1.29, 1.82) is 0 Å². The van der Waals surface area contributed by atoms with E-state index in [0.29, 0.717) is 52.6 Å². The number of hydrogen-bond donors (Lipinski definition) is 0. The van der Waals surface area contributed by atoms with Crippen molar-refractivity contribution < 1.29 is 19.1 Å². The SMILES string of the molecule is O=C(c1nccnc1C(=O)N1CCOCC1)N1CCOCC1. The monoisotopic (exact) mass is 306 g/mol. The zero-order valence-corrected chi connectivity index (χ0v) is 12.2. The summed E-state index contributed by atoms with van der Waals surface area (Å²) < 4.78 is 10.5. The number of carbonyl (C=O) groups is 2. The Morgan fingerprint density at radius 1 is 0.773 bits per heavy atom. The molecule has 2 amide bonds. The summed E-state index contributed by atoms with van der Waals surface area (Å²) in [6, 6.07) is 0. The molecule has 22 heavy (non-hydrogen) atoms. The predicted octanol–water partition coefficient (Wildman–Crippen LogP) is -0.579. The lowest BCUT2D eigenvalue weighted by atomic mass is 10.2. The van der Waals surface area contributed by atoms with E-state index in [4.69, 9.17) is 9.47 Å². The van der Waals surface area contributed by atoms with E-state index in [2.05, 4.69) is 9.97 Å². The van der Waals surface area contributed by atoms with E-state index in [0.717, 1.165) is 0 Å². The largest absolute Gasteiger partial charge is 0.378 e. The van der Waals surface area contributed by atoms with Crippen LogP contribution in [0.5, 0.6) is 0 Å². The number of rotatable bonds is 2. The maximum Gasteiger partial charge on any atom is 0.275 e. The molecule has 1 aromatic rings. The molecule has 3 heterocycles. The number of nitrogens with zero attached hydrogens (tertiary/aromatic N) is 4. The first-order chi connectivity index (χ1) is 10.8. The first-order valence-corrected chi connectivity index (χ1v) is 7.32. The van der Waals surface area contributed by atoms with Gasteiger partial charge < -0.3 is 19.3 Å². The molecule has 0 unspecified atom stereocenters. The van der Waals surface area contributed by atoms with E-state index in [9.17, 15) is 9.59 Å². The normalized spacial score (nSPS) is 19.1. The Kier molecular flexibility index (Phi) is 4.59. The van der Waals surface area contributed by atoms with Gasteiger partial charge in [-0.1, -0.05) is 0 Å². The van der Waals surface area contributed by atoms with Gasteiger partial charge >= 0.3 is 0 Å². The predicted molar refractivity (Wildman–Crippen MR) is 75.5 cm³/mol. The molecule has 0 spiro atoms. The van der Waals surface area contributed by atoms with Crippen LogP contribution in [0.25, 0.3) is 0 Å². The zero-order valence-electron chi connectivity index (χ0n) is 12.2. The molecule has 0 aromatic carbocycles. The Labute approximate surface area is 128 Å². The molecule has 0 radical (unpaired) electrons. The molecule has 2 fully saturated rings. The molecular weight excluding hydrogens is 288 g/mol. The van der Waals surface area contributed by atoms with Gasteiger partial charge in [0.2, 0.25) is 0 Å². The minimum Gasteiger partial charge on any atom is -0.378 e. The Morgan fingerprint density at radius 2 is 1.14 bits per heavy atom. The van der Waals surface area contributed by atoms with E-state index < -0.39 is 0 Å². The molecule has 0 atom stereocenters. The van der Waals surface area contributed by atoms with Gasteiger partial charge in [-0.05, 0) is 0 Å². The quantitative estimate of drug-likeness (QED) is 0.727. The smallest absolute Gasteiger partial charge is 0.275 e. The fourth-order valence-corrected chi connectivity index (χ4v) is 2.48. The van der Waals surface area contributed by atoms with Crippen LogP contribution in [0.15, 0.2) is 12.4 Å². The van der Waals surface area contributed by atoms with Crippen LogP contribution in [0, 0.1) is 0 Å². The third kappa shape index (κ3) is 3.07. The van der Waals surface area contributed by atoms with Crippen molar-refractivity contribution in [2.24, 2.45) is 0 Å². The van der Waals surface area contributed by atoms with Crippen LogP contribution >= 0.6 is 0 Å². The Hall–Kier alpha value is -2.06. The van der Waals surface area contributed by atoms with Crippen LogP contribution in [0.2, 0.25) is 0 Å². The van der Waals surface area contributed by atoms with Gasteiger partial charge in [0, 0.05) is 38.6 Å². The number of ether oxygens (including phenoxy) is 2. The van der Waals surface area contributed by atoms with Crippen molar-refractivity contribution in [2.45, 2.75) is 0 Å². The number of aromatic nitrogens is 2. The maximum absolute atomic E-state index is 12.6. The van der Waals surface area contributed by atoms with Crippen molar-refractivity contribution in [2.75, 3.05) is 52.6 Å². The van der Waals surface area contributed by atoms with Crippen molar-refractivity contribution >= 4 is 11.8 Å². The van der Waals surface area contributed by atoms with E-state index in [1.807, 2.05) is 0 Å². The highest BCUT2D eigenvalue weighted by molar-refractivity contribution is 6.04. The van der Waals surface area contributed by atoms with E-state index >= 15 is 0 Å². The molecule has 0 saturated carbocycles. The summed E-state index contributed by atoms with van der Waals surface area (Å²) in [5, 5.41) is 0. The van der Waals surface area contributed by atoms with Gasteiger partial charge in [-0.3, -0.25) is 9.59 Å². The topological polar surface area (TPSA) is 84.9 Å². The number of carbonyl (C=O) groups excluding carboxylic acids is 2. The van der Waals surface area contributed by atoms with Crippen LogP contribution in [-0.4, -0.2) is 84.2 Å². The highest BCUT2D eigenvalue weighted by atomic mass is 16.5. The Bertz CT molecular complexity index is 505. The van der Waals surface area contributed by atoms with Crippen molar-refractivity contribution in [3.63, 3.8) is 0 Å². The fraction of sp³-hybridized carbons (Fsp3) is 0.571. The minimum absolute atomic E-state index is 0.112. The van der Waals surface area contributed by atoms with E-state index in [1.165, 1.54) is 12.4 Å². The lowest BCUT2D eigenvalue weighted by Gasteiger charge is -2.28. The Balaban J connectivity index is 1.82. The molecule has 0 aliphatic carbocycles. The van der Waals surface area contributed by atoms with E-state index in [1.54, 1.807) is 9.80 Å². The molecule has 2 aliphatic heterocycles. The van der Waals surface area contributed by atoms with Gasteiger partial charge in [0.05, 0.1) is 26.4 Å². The first-order valence-electron chi connectivity index (χ1n) is 7.32. The second kappa shape index (κ2) is 6.80. The lowest BCUT2D eigenvalue weighted by Crippen LogP contribution is -2.44. The van der Waals surface area contributed by atoms with Gasteiger partial charge in [0.15, 0.2) is 11.4 Å². The van der Waals surface area contributed by atoms with Gasteiger partial charge in [-0.2, -0.15) is 0 Å². The average molecular weight is 306 g/mol. The van der Waals surface area contributed by atoms with Crippen molar-refractivity contribution in [3.8, 4) is 0 Å². The van der Waals surface area contributed by atoms with Crippen molar-refractivity contribution in [3.05, 3.63) is 23.8 Å². The molecule has 2 saturated heterocycles. The van der Waals surface area contributed by atoms with E-state index in [-0.39, 0.29) is 23.2 Å². The van der Waals surface area contributed by atoms with Gasteiger partial charge in [-0.25, -0.2) is 9.97 Å². The molecule has 8 nitrogen and oxygen atoms in total. The second-order valence-electron chi connectivity index (χ2n) is 5.06. The number of morpholine rings is 2. The second-order valence-corrected chi connectivity index (χ2v) is 5.06. The molecule has 2 aliphatic rings. The first kappa shape index (κ1) is 14.9. The third-order valence-electron chi connectivity index (χ3n) is 3.70. The highest BCUT2D eigenvalue weighted by Gasteiger charge is 2.28. The van der Waals surface area contributed by atoms with Gasteiger partial charge in [-0.15, -0.1) is 0 Å². The van der Waals surface area contributed by atoms with Crippen LogP contribution in [0.3, 0.4) is 0 Å². The minimum atomic E-state index is -0.270. The summed E-state index contributed by atoms with van der Waals surface area (Å²) in [4.78, 5) is 36.6.